The molecule has 1 saturated carbocycles. The van der Waals surface area contributed by atoms with Gasteiger partial charge in [-0.3, -0.25) is 0 Å². The van der Waals surface area contributed by atoms with Crippen molar-refractivity contribution >= 4 is 10.0 Å². The van der Waals surface area contributed by atoms with Crippen LogP contribution in [0, 0.1) is 0 Å². The first-order valence-electron chi connectivity index (χ1n) is 6.38. The molecule has 18 heavy (non-hydrogen) atoms. The monoisotopic (exact) mass is 268 g/mol. The van der Waals surface area contributed by atoms with Crippen LogP contribution in [0.3, 0.4) is 0 Å². The topological polar surface area (TPSA) is 58.2 Å². The average molecular weight is 268 g/mol. The van der Waals surface area contributed by atoms with Crippen molar-refractivity contribution < 1.29 is 8.42 Å². The Bertz CT molecular complexity index is 478. The van der Waals surface area contributed by atoms with Crippen LogP contribution < -0.4 is 10.0 Å². The smallest absolute Gasteiger partial charge is 0.240 e. The van der Waals surface area contributed by atoms with Gasteiger partial charge in [0.15, 0.2) is 0 Å². The van der Waals surface area contributed by atoms with E-state index >= 15 is 0 Å². The minimum Gasteiger partial charge on any atom is -0.320 e. The minimum atomic E-state index is -3.30. The molecule has 0 bridgehead atoms. The van der Waals surface area contributed by atoms with Gasteiger partial charge in [-0.1, -0.05) is 12.1 Å². The molecule has 1 aromatic rings. The lowest BCUT2D eigenvalue weighted by Gasteiger charge is -2.06. The summed E-state index contributed by atoms with van der Waals surface area (Å²) in [6.45, 7) is 0.975. The van der Waals surface area contributed by atoms with Gasteiger partial charge in [0, 0.05) is 6.04 Å². The Hall–Kier alpha value is -0.910. The molecule has 0 atom stereocenters. The number of hydrogen-bond donors (Lipinski definition) is 2. The molecule has 2 rings (SSSR count). The van der Waals surface area contributed by atoms with Crippen molar-refractivity contribution in [2.45, 2.75) is 36.6 Å². The molecule has 2 N–H and O–H groups in total. The lowest BCUT2D eigenvalue weighted by molar-refractivity contribution is 0.581. The average Bonchev–Trinajstić information content (AvgIpc) is 3.13. The van der Waals surface area contributed by atoms with Crippen LogP contribution in [-0.4, -0.2) is 28.1 Å². The lowest BCUT2D eigenvalue weighted by Crippen LogP contribution is -2.25. The lowest BCUT2D eigenvalue weighted by atomic mass is 10.1. The molecule has 1 fully saturated rings. The molecule has 1 aliphatic carbocycles. The molecule has 4 nitrogen and oxygen atoms in total. The highest BCUT2D eigenvalue weighted by Gasteiger charge is 2.27. The highest BCUT2D eigenvalue weighted by atomic mass is 32.2. The molecule has 0 aliphatic heterocycles. The zero-order valence-corrected chi connectivity index (χ0v) is 11.5. The molecular formula is C13H20N2O2S. The van der Waals surface area contributed by atoms with Gasteiger partial charge in [0.1, 0.15) is 0 Å². The number of benzene rings is 1. The molecule has 0 amide bonds. The number of nitrogens with one attached hydrogen (secondary N) is 2. The summed E-state index contributed by atoms with van der Waals surface area (Å²) in [5, 5.41) is 3.10. The fourth-order valence-corrected chi connectivity index (χ4v) is 3.10. The maximum Gasteiger partial charge on any atom is 0.240 e. The summed E-state index contributed by atoms with van der Waals surface area (Å²) >= 11 is 0. The molecule has 0 aromatic heterocycles. The summed E-state index contributed by atoms with van der Waals surface area (Å²) in [4.78, 5) is 0.367. The summed E-state index contributed by atoms with van der Waals surface area (Å²) in [5.74, 6) is 0. The predicted octanol–water partition coefficient (Wildman–Crippen LogP) is 1.28. The second-order valence-electron chi connectivity index (χ2n) is 4.75. The first-order valence-corrected chi connectivity index (χ1v) is 7.86. The summed E-state index contributed by atoms with van der Waals surface area (Å²) in [6, 6.07) is 7.35. The fraction of sp³-hybridized carbons (Fsp3) is 0.538. The first kappa shape index (κ1) is 13.5. The van der Waals surface area contributed by atoms with Gasteiger partial charge in [0.2, 0.25) is 10.0 Å². The van der Waals surface area contributed by atoms with Crippen molar-refractivity contribution in [3.8, 4) is 0 Å². The van der Waals surface area contributed by atoms with Gasteiger partial charge in [-0.05, 0) is 57.0 Å². The van der Waals surface area contributed by atoms with E-state index in [0.717, 1.165) is 32.2 Å². The predicted molar refractivity (Wildman–Crippen MR) is 72.0 cm³/mol. The van der Waals surface area contributed by atoms with Gasteiger partial charge < -0.3 is 5.32 Å². The van der Waals surface area contributed by atoms with E-state index in [9.17, 15) is 8.42 Å². The zero-order valence-electron chi connectivity index (χ0n) is 10.6. The molecule has 0 spiro atoms. The molecule has 0 unspecified atom stereocenters. The third-order valence-electron chi connectivity index (χ3n) is 3.03. The fourth-order valence-electron chi connectivity index (χ4n) is 1.79. The number of hydrogen-bond acceptors (Lipinski definition) is 3. The van der Waals surface area contributed by atoms with Crippen LogP contribution in [0.25, 0.3) is 0 Å². The first-order chi connectivity index (χ1) is 8.62. The van der Waals surface area contributed by atoms with Crippen LogP contribution in [0.4, 0.5) is 0 Å². The Kier molecular flexibility index (Phi) is 4.37. The van der Waals surface area contributed by atoms with Crippen molar-refractivity contribution in [1.29, 1.82) is 0 Å². The highest BCUT2D eigenvalue weighted by Crippen LogP contribution is 2.22. The van der Waals surface area contributed by atoms with E-state index in [-0.39, 0.29) is 6.04 Å². The van der Waals surface area contributed by atoms with Gasteiger partial charge in [-0.15, -0.1) is 0 Å². The minimum absolute atomic E-state index is 0.158. The Morgan fingerprint density at radius 3 is 2.44 bits per heavy atom. The molecule has 0 heterocycles. The van der Waals surface area contributed by atoms with Crippen LogP contribution in [0.2, 0.25) is 0 Å². The highest BCUT2D eigenvalue weighted by molar-refractivity contribution is 7.89. The maximum absolute atomic E-state index is 11.9. The van der Waals surface area contributed by atoms with E-state index in [1.165, 1.54) is 5.56 Å². The number of sulfonamides is 1. The van der Waals surface area contributed by atoms with E-state index in [2.05, 4.69) is 10.0 Å². The molecule has 0 saturated heterocycles. The summed E-state index contributed by atoms with van der Waals surface area (Å²) in [5.41, 5.74) is 1.18. The number of rotatable bonds is 7. The summed E-state index contributed by atoms with van der Waals surface area (Å²) < 4.78 is 26.5. The third-order valence-corrected chi connectivity index (χ3v) is 4.56. The van der Waals surface area contributed by atoms with Crippen LogP contribution >= 0.6 is 0 Å². The van der Waals surface area contributed by atoms with Crippen LogP contribution in [0.15, 0.2) is 29.2 Å². The largest absolute Gasteiger partial charge is 0.320 e. The van der Waals surface area contributed by atoms with Gasteiger partial charge in [-0.2, -0.15) is 0 Å². The van der Waals surface area contributed by atoms with E-state index in [0.29, 0.717) is 4.90 Å². The molecule has 100 valence electrons. The Morgan fingerprint density at radius 2 is 1.89 bits per heavy atom. The summed E-state index contributed by atoms with van der Waals surface area (Å²) in [7, 11) is -1.37. The maximum atomic E-state index is 11.9. The van der Waals surface area contributed by atoms with E-state index in [1.807, 2.05) is 19.2 Å². The normalized spacial score (nSPS) is 15.8. The van der Waals surface area contributed by atoms with Gasteiger partial charge in [-0.25, -0.2) is 13.1 Å². The molecular weight excluding hydrogens is 248 g/mol. The Balaban J connectivity index is 1.97. The Morgan fingerprint density at radius 1 is 1.22 bits per heavy atom. The van der Waals surface area contributed by atoms with Gasteiger partial charge in [0.05, 0.1) is 4.90 Å². The van der Waals surface area contributed by atoms with Crippen LogP contribution in [-0.2, 0) is 16.4 Å². The van der Waals surface area contributed by atoms with Gasteiger partial charge >= 0.3 is 0 Å². The quantitative estimate of drug-likeness (QED) is 0.732. The standard InChI is InChI=1S/C13H20N2O2S/c1-14-10-2-3-11-4-8-13(9-5-11)18(16,17)15-12-6-7-12/h4-5,8-9,12,14-15H,2-3,6-7,10H2,1H3. The summed E-state index contributed by atoms with van der Waals surface area (Å²) in [6.07, 6.45) is 3.95. The second kappa shape index (κ2) is 5.82. The third kappa shape index (κ3) is 3.80. The number of aryl methyl sites for hydroxylation is 1. The molecule has 0 radical (unpaired) electrons. The van der Waals surface area contributed by atoms with Crippen LogP contribution in [0.1, 0.15) is 24.8 Å². The van der Waals surface area contributed by atoms with Crippen molar-refractivity contribution in [3.63, 3.8) is 0 Å². The SMILES string of the molecule is CNCCCc1ccc(S(=O)(=O)NC2CC2)cc1. The van der Waals surface area contributed by atoms with E-state index in [4.69, 9.17) is 0 Å². The zero-order chi connectivity index (χ0) is 13.0. The van der Waals surface area contributed by atoms with E-state index in [1.54, 1.807) is 12.1 Å². The van der Waals surface area contributed by atoms with Crippen LogP contribution in [0.5, 0.6) is 0 Å². The molecule has 1 aliphatic rings. The van der Waals surface area contributed by atoms with Crippen molar-refractivity contribution in [2.24, 2.45) is 0 Å². The molecule has 5 heteroatoms. The van der Waals surface area contributed by atoms with Crippen molar-refractivity contribution in [2.75, 3.05) is 13.6 Å². The van der Waals surface area contributed by atoms with Crippen molar-refractivity contribution in [3.05, 3.63) is 29.8 Å². The van der Waals surface area contributed by atoms with E-state index < -0.39 is 10.0 Å². The Labute approximate surface area is 109 Å². The molecule has 1 aromatic carbocycles. The van der Waals surface area contributed by atoms with Crippen molar-refractivity contribution in [1.82, 2.24) is 10.0 Å². The second-order valence-corrected chi connectivity index (χ2v) is 6.46. The van der Waals surface area contributed by atoms with Gasteiger partial charge in [0.25, 0.3) is 0 Å².